The summed E-state index contributed by atoms with van der Waals surface area (Å²) in [5.74, 6) is -1.44. The molecule has 8 heteroatoms. The summed E-state index contributed by atoms with van der Waals surface area (Å²) in [6, 6.07) is 3.25. The van der Waals surface area contributed by atoms with Gasteiger partial charge in [0.05, 0.1) is 10.5 Å². The molecule has 0 spiro atoms. The van der Waals surface area contributed by atoms with Gasteiger partial charge in [0.25, 0.3) is 11.6 Å². The Morgan fingerprint density at radius 3 is 2.45 bits per heavy atom. The number of primary amides is 1. The van der Waals surface area contributed by atoms with E-state index in [0.29, 0.717) is 0 Å². The molecule has 0 saturated heterocycles. The lowest BCUT2D eigenvalue weighted by Gasteiger charge is -2.19. The molecule has 0 saturated carbocycles. The number of hydrogen-bond donors (Lipinski definition) is 2. The maximum Gasteiger partial charge on any atom is 0.284 e. The molecule has 1 rings (SSSR count). The van der Waals surface area contributed by atoms with E-state index in [1.165, 1.54) is 18.2 Å². The van der Waals surface area contributed by atoms with Crippen molar-refractivity contribution in [2.45, 2.75) is 19.9 Å². The topological polar surface area (TPSA) is 115 Å². The summed E-state index contributed by atoms with van der Waals surface area (Å²) in [5.41, 5.74) is 5.06. The third-order valence-corrected chi connectivity index (χ3v) is 3.51. The first-order chi connectivity index (χ1) is 9.25. The molecule has 1 atom stereocenters. The zero-order valence-corrected chi connectivity index (χ0v) is 12.5. The van der Waals surface area contributed by atoms with Crippen LogP contribution in [0.3, 0.4) is 0 Å². The lowest BCUT2D eigenvalue weighted by Crippen LogP contribution is -2.47. The fourth-order valence-corrected chi connectivity index (χ4v) is 2.21. The third-order valence-electron chi connectivity index (χ3n) is 2.68. The molecule has 7 nitrogen and oxygen atoms in total. The molecule has 0 aromatic heterocycles. The number of rotatable bonds is 5. The maximum absolute atomic E-state index is 12.1. The number of nitrogens with zero attached hydrogens (tertiary/aromatic N) is 1. The van der Waals surface area contributed by atoms with Crippen molar-refractivity contribution in [2.75, 3.05) is 0 Å². The smallest absolute Gasteiger partial charge is 0.284 e. The van der Waals surface area contributed by atoms with Gasteiger partial charge in [-0.25, -0.2) is 0 Å². The molecule has 0 aliphatic carbocycles. The molecule has 0 bridgehead atoms. The highest BCUT2D eigenvalue weighted by Crippen LogP contribution is 2.28. The highest BCUT2D eigenvalue weighted by atomic mass is 79.9. The Kier molecular flexibility index (Phi) is 5.20. The van der Waals surface area contributed by atoms with Crippen LogP contribution >= 0.6 is 15.9 Å². The van der Waals surface area contributed by atoms with Crippen LogP contribution in [0.1, 0.15) is 24.2 Å². The quantitative estimate of drug-likeness (QED) is 0.623. The fourth-order valence-electron chi connectivity index (χ4n) is 1.62. The first-order valence-electron chi connectivity index (χ1n) is 5.78. The van der Waals surface area contributed by atoms with Gasteiger partial charge in [-0.3, -0.25) is 19.7 Å². The SMILES string of the molecule is CC(C)C(NC(=O)c1cccc([N+](=O)[O-])c1Br)C(N)=O. The summed E-state index contributed by atoms with van der Waals surface area (Å²) >= 11 is 3.03. The number of nitro benzene ring substituents is 1. The Balaban J connectivity index is 3.07. The molecule has 3 N–H and O–H groups in total. The van der Waals surface area contributed by atoms with Gasteiger partial charge in [0, 0.05) is 6.07 Å². The summed E-state index contributed by atoms with van der Waals surface area (Å²) in [6.45, 7) is 3.47. The van der Waals surface area contributed by atoms with Crippen molar-refractivity contribution in [3.8, 4) is 0 Å². The number of nitrogens with one attached hydrogen (secondary N) is 1. The maximum atomic E-state index is 12.1. The van der Waals surface area contributed by atoms with Gasteiger partial charge in [0.2, 0.25) is 5.91 Å². The first-order valence-corrected chi connectivity index (χ1v) is 6.58. The number of amides is 2. The molecule has 0 heterocycles. The van der Waals surface area contributed by atoms with Gasteiger partial charge >= 0.3 is 0 Å². The number of nitrogens with two attached hydrogens (primary N) is 1. The Labute approximate surface area is 123 Å². The zero-order chi connectivity index (χ0) is 15.4. The normalized spacial score (nSPS) is 12.0. The minimum atomic E-state index is -0.839. The predicted octanol–water partition coefficient (Wildman–Crippen LogP) is 1.60. The number of hydrogen-bond acceptors (Lipinski definition) is 4. The van der Waals surface area contributed by atoms with E-state index >= 15 is 0 Å². The van der Waals surface area contributed by atoms with E-state index in [4.69, 9.17) is 5.73 Å². The van der Waals surface area contributed by atoms with Gasteiger partial charge in [-0.15, -0.1) is 0 Å². The van der Waals surface area contributed by atoms with E-state index < -0.39 is 22.8 Å². The average molecular weight is 344 g/mol. The van der Waals surface area contributed by atoms with Crippen LogP contribution in [0, 0.1) is 16.0 Å². The van der Waals surface area contributed by atoms with E-state index in [1.54, 1.807) is 13.8 Å². The van der Waals surface area contributed by atoms with Gasteiger partial charge in [-0.05, 0) is 27.9 Å². The molecule has 0 aliphatic heterocycles. The second-order valence-corrected chi connectivity index (χ2v) is 5.29. The van der Waals surface area contributed by atoms with E-state index in [2.05, 4.69) is 21.2 Å². The van der Waals surface area contributed by atoms with Crippen molar-refractivity contribution in [3.05, 3.63) is 38.3 Å². The van der Waals surface area contributed by atoms with Gasteiger partial charge < -0.3 is 11.1 Å². The highest BCUT2D eigenvalue weighted by Gasteiger charge is 2.25. The van der Waals surface area contributed by atoms with E-state index in [1.807, 2.05) is 0 Å². The second kappa shape index (κ2) is 6.47. The standard InChI is InChI=1S/C12H14BrN3O4/c1-6(2)10(11(14)17)15-12(18)7-4-3-5-8(9(7)13)16(19)20/h3-6,10H,1-2H3,(H2,14,17)(H,15,18). The molecule has 1 aromatic rings. The monoisotopic (exact) mass is 343 g/mol. The lowest BCUT2D eigenvalue weighted by atomic mass is 10.0. The number of carbonyl (C=O) groups is 2. The van der Waals surface area contributed by atoms with Crippen LogP contribution in [0.5, 0.6) is 0 Å². The van der Waals surface area contributed by atoms with Crippen molar-refractivity contribution in [1.29, 1.82) is 0 Å². The molecule has 2 amide bonds. The van der Waals surface area contributed by atoms with Gasteiger partial charge in [0.15, 0.2) is 0 Å². The Morgan fingerprint density at radius 2 is 2.00 bits per heavy atom. The van der Waals surface area contributed by atoms with Crippen LogP contribution in [0.2, 0.25) is 0 Å². The molecule has 108 valence electrons. The Morgan fingerprint density at radius 1 is 1.40 bits per heavy atom. The number of benzene rings is 1. The number of halogens is 1. The molecule has 1 unspecified atom stereocenters. The van der Waals surface area contributed by atoms with Crippen molar-refractivity contribution < 1.29 is 14.5 Å². The van der Waals surface area contributed by atoms with E-state index in [0.717, 1.165) is 0 Å². The van der Waals surface area contributed by atoms with Crippen LogP contribution in [0.15, 0.2) is 22.7 Å². The Bertz CT molecular complexity index is 560. The molecule has 20 heavy (non-hydrogen) atoms. The second-order valence-electron chi connectivity index (χ2n) is 4.49. The van der Waals surface area contributed by atoms with Crippen molar-refractivity contribution in [3.63, 3.8) is 0 Å². The molecule has 0 aliphatic rings. The molecular weight excluding hydrogens is 330 g/mol. The number of nitro groups is 1. The Hall–Kier alpha value is -1.96. The minimum Gasteiger partial charge on any atom is -0.368 e. The number of carbonyl (C=O) groups excluding carboxylic acids is 2. The van der Waals surface area contributed by atoms with Gasteiger partial charge in [0.1, 0.15) is 10.5 Å². The van der Waals surface area contributed by atoms with Crippen molar-refractivity contribution in [2.24, 2.45) is 11.7 Å². The van der Waals surface area contributed by atoms with Crippen LogP contribution in [0.25, 0.3) is 0 Å². The van der Waals surface area contributed by atoms with E-state index in [-0.39, 0.29) is 21.6 Å². The minimum absolute atomic E-state index is 0.0643. The first kappa shape index (κ1) is 16.1. The van der Waals surface area contributed by atoms with Crippen LogP contribution < -0.4 is 11.1 Å². The van der Waals surface area contributed by atoms with Gasteiger partial charge in [-0.1, -0.05) is 19.9 Å². The van der Waals surface area contributed by atoms with Crippen molar-refractivity contribution >= 4 is 33.4 Å². The summed E-state index contributed by atoms with van der Waals surface area (Å²) in [7, 11) is 0. The largest absolute Gasteiger partial charge is 0.368 e. The summed E-state index contributed by atoms with van der Waals surface area (Å²) in [5, 5.41) is 13.3. The predicted molar refractivity (Wildman–Crippen MR) is 76.1 cm³/mol. The lowest BCUT2D eigenvalue weighted by molar-refractivity contribution is -0.385. The van der Waals surface area contributed by atoms with Gasteiger partial charge in [-0.2, -0.15) is 0 Å². The van der Waals surface area contributed by atoms with E-state index in [9.17, 15) is 19.7 Å². The molecule has 1 aromatic carbocycles. The molecular formula is C12H14BrN3O4. The zero-order valence-electron chi connectivity index (χ0n) is 10.9. The molecule has 0 fully saturated rings. The molecule has 0 radical (unpaired) electrons. The summed E-state index contributed by atoms with van der Waals surface area (Å²) < 4.78 is 0.0643. The summed E-state index contributed by atoms with van der Waals surface area (Å²) in [4.78, 5) is 33.5. The fraction of sp³-hybridized carbons (Fsp3) is 0.333. The highest BCUT2D eigenvalue weighted by molar-refractivity contribution is 9.10. The van der Waals surface area contributed by atoms with Crippen LogP contribution in [0.4, 0.5) is 5.69 Å². The van der Waals surface area contributed by atoms with Crippen molar-refractivity contribution in [1.82, 2.24) is 5.32 Å². The van der Waals surface area contributed by atoms with Crippen LogP contribution in [-0.4, -0.2) is 22.8 Å². The third kappa shape index (κ3) is 3.53. The average Bonchev–Trinajstić information content (AvgIpc) is 2.34. The van der Waals surface area contributed by atoms with Crippen LogP contribution in [-0.2, 0) is 4.79 Å². The summed E-state index contributed by atoms with van der Waals surface area (Å²) in [6.07, 6.45) is 0.